The maximum absolute atomic E-state index is 5.37. The first kappa shape index (κ1) is 7.41. The Morgan fingerprint density at radius 1 is 1.50 bits per heavy atom. The van der Waals surface area contributed by atoms with Crippen molar-refractivity contribution >= 4 is 0 Å². The van der Waals surface area contributed by atoms with E-state index in [-0.39, 0.29) is 0 Å². The van der Waals surface area contributed by atoms with Crippen LogP contribution in [0.1, 0.15) is 20.3 Å². The molecule has 0 N–H and O–H groups in total. The Morgan fingerprint density at radius 3 is 2.70 bits per heavy atom. The van der Waals surface area contributed by atoms with Gasteiger partial charge in [-0.05, 0) is 18.3 Å². The van der Waals surface area contributed by atoms with Gasteiger partial charge in [-0.1, -0.05) is 26.0 Å². The van der Waals surface area contributed by atoms with Gasteiger partial charge in [0, 0.05) is 5.92 Å². The third-order valence-corrected chi connectivity index (χ3v) is 2.51. The molecule has 0 radical (unpaired) electrons. The number of rotatable bonds is 0. The summed E-state index contributed by atoms with van der Waals surface area (Å²) in [6.07, 6.45) is 10.9. The zero-order valence-corrected chi connectivity index (χ0v) is 6.67. The van der Waals surface area contributed by atoms with Gasteiger partial charge in [0.1, 0.15) is 0 Å². The van der Waals surface area contributed by atoms with Crippen LogP contribution in [0.4, 0.5) is 0 Å². The summed E-state index contributed by atoms with van der Waals surface area (Å²) in [5, 5.41) is 0. The molecule has 54 valence electrons. The Hall–Kier alpha value is -0.700. The van der Waals surface area contributed by atoms with Crippen LogP contribution in [-0.4, -0.2) is 0 Å². The molecular weight excluding hydrogens is 120 g/mol. The highest BCUT2D eigenvalue weighted by molar-refractivity contribution is 5.07. The number of terminal acetylenes is 1. The van der Waals surface area contributed by atoms with E-state index in [1.807, 2.05) is 0 Å². The fourth-order valence-corrected chi connectivity index (χ4v) is 1.42. The van der Waals surface area contributed by atoms with E-state index in [0.717, 1.165) is 6.42 Å². The zero-order valence-electron chi connectivity index (χ0n) is 6.67. The van der Waals surface area contributed by atoms with Crippen molar-refractivity contribution in [3.8, 4) is 12.3 Å². The largest absolute Gasteiger partial charge is 0.120 e. The minimum atomic E-state index is 0.472. The molecule has 1 aliphatic carbocycles. The zero-order chi connectivity index (χ0) is 7.56. The fraction of sp³-hybridized carbons (Fsp3) is 0.600. The molecule has 0 amide bonds. The summed E-state index contributed by atoms with van der Waals surface area (Å²) in [5.74, 6) is 4.63. The first-order chi connectivity index (χ1) is 4.75. The molecule has 3 unspecified atom stereocenters. The molecule has 0 saturated heterocycles. The maximum atomic E-state index is 5.37. The molecule has 3 atom stereocenters. The molecule has 0 fully saturated rings. The van der Waals surface area contributed by atoms with E-state index >= 15 is 0 Å². The minimum absolute atomic E-state index is 0.472. The van der Waals surface area contributed by atoms with Gasteiger partial charge in [0.15, 0.2) is 0 Å². The lowest BCUT2D eigenvalue weighted by Gasteiger charge is -2.25. The van der Waals surface area contributed by atoms with Gasteiger partial charge >= 0.3 is 0 Å². The predicted molar refractivity (Wildman–Crippen MR) is 44.4 cm³/mol. The molecule has 0 aliphatic heterocycles. The quantitative estimate of drug-likeness (QED) is 0.352. The second-order valence-corrected chi connectivity index (χ2v) is 3.16. The van der Waals surface area contributed by atoms with Gasteiger partial charge in [0.25, 0.3) is 0 Å². The summed E-state index contributed by atoms with van der Waals surface area (Å²) in [4.78, 5) is 0. The van der Waals surface area contributed by atoms with E-state index in [2.05, 4.69) is 31.9 Å². The molecule has 0 saturated carbocycles. The smallest absolute Gasteiger partial charge is 0.0265 e. The molecule has 1 aliphatic rings. The fourth-order valence-electron chi connectivity index (χ4n) is 1.42. The summed E-state index contributed by atoms with van der Waals surface area (Å²) < 4.78 is 0. The predicted octanol–water partition coefficient (Wildman–Crippen LogP) is 2.47. The van der Waals surface area contributed by atoms with Crippen LogP contribution < -0.4 is 0 Å². The van der Waals surface area contributed by atoms with Crippen molar-refractivity contribution in [2.75, 3.05) is 0 Å². The van der Waals surface area contributed by atoms with E-state index in [0.29, 0.717) is 17.8 Å². The first-order valence-corrected chi connectivity index (χ1v) is 3.88. The van der Waals surface area contributed by atoms with Crippen LogP contribution >= 0.6 is 0 Å². The van der Waals surface area contributed by atoms with Crippen LogP contribution in [0.2, 0.25) is 0 Å². The molecular formula is C10H14. The molecule has 0 spiro atoms. The Bertz CT molecular complexity index is 171. The van der Waals surface area contributed by atoms with Crippen LogP contribution in [0.3, 0.4) is 0 Å². The van der Waals surface area contributed by atoms with Gasteiger partial charge in [-0.25, -0.2) is 0 Å². The monoisotopic (exact) mass is 134 g/mol. The van der Waals surface area contributed by atoms with Crippen LogP contribution in [-0.2, 0) is 0 Å². The molecule has 10 heavy (non-hydrogen) atoms. The molecule has 0 aromatic carbocycles. The molecule has 1 rings (SSSR count). The van der Waals surface area contributed by atoms with Gasteiger partial charge in [-0.15, -0.1) is 12.3 Å². The van der Waals surface area contributed by atoms with Gasteiger partial charge in [0.05, 0.1) is 0 Å². The molecule has 0 bridgehead atoms. The van der Waals surface area contributed by atoms with E-state index in [1.165, 1.54) is 0 Å². The summed E-state index contributed by atoms with van der Waals surface area (Å²) in [5.41, 5.74) is 0. The highest BCUT2D eigenvalue weighted by Crippen LogP contribution is 2.28. The lowest BCUT2D eigenvalue weighted by atomic mass is 9.78. The summed E-state index contributed by atoms with van der Waals surface area (Å²) in [6.45, 7) is 4.46. The van der Waals surface area contributed by atoms with Gasteiger partial charge in [-0.3, -0.25) is 0 Å². The second-order valence-electron chi connectivity index (χ2n) is 3.16. The average Bonchev–Trinajstić information content (AvgIpc) is 1.95. The van der Waals surface area contributed by atoms with Crippen molar-refractivity contribution in [2.24, 2.45) is 17.8 Å². The van der Waals surface area contributed by atoms with Crippen LogP contribution in [0, 0.1) is 30.1 Å². The highest BCUT2D eigenvalue weighted by atomic mass is 14.2. The van der Waals surface area contributed by atoms with E-state index < -0.39 is 0 Å². The Balaban J connectivity index is 2.67. The lowest BCUT2D eigenvalue weighted by molar-refractivity contribution is 0.345. The molecule has 0 heteroatoms. The van der Waals surface area contributed by atoms with Crippen LogP contribution in [0.25, 0.3) is 0 Å². The second kappa shape index (κ2) is 2.92. The Labute approximate surface area is 63.3 Å². The van der Waals surface area contributed by atoms with Gasteiger partial charge in [0.2, 0.25) is 0 Å². The molecule has 0 aromatic rings. The standard InChI is InChI=1S/C10H14/c1-4-10-7-5-6-8(2)9(10)3/h1,5-6,8-10H,7H2,2-3H3. The van der Waals surface area contributed by atoms with Crippen molar-refractivity contribution in [1.82, 2.24) is 0 Å². The van der Waals surface area contributed by atoms with Crippen molar-refractivity contribution in [1.29, 1.82) is 0 Å². The third kappa shape index (κ3) is 1.24. The van der Waals surface area contributed by atoms with Crippen molar-refractivity contribution in [3.63, 3.8) is 0 Å². The summed E-state index contributed by atoms with van der Waals surface area (Å²) in [7, 11) is 0. The normalized spacial score (nSPS) is 39.1. The SMILES string of the molecule is C#CC1CC=CC(C)C1C. The van der Waals surface area contributed by atoms with Crippen molar-refractivity contribution in [3.05, 3.63) is 12.2 Å². The summed E-state index contributed by atoms with van der Waals surface area (Å²) >= 11 is 0. The highest BCUT2D eigenvalue weighted by Gasteiger charge is 2.21. The minimum Gasteiger partial charge on any atom is -0.120 e. The lowest BCUT2D eigenvalue weighted by Crippen LogP contribution is -2.19. The summed E-state index contributed by atoms with van der Waals surface area (Å²) in [6, 6.07) is 0. The van der Waals surface area contributed by atoms with Crippen molar-refractivity contribution in [2.45, 2.75) is 20.3 Å². The van der Waals surface area contributed by atoms with E-state index in [9.17, 15) is 0 Å². The van der Waals surface area contributed by atoms with E-state index in [4.69, 9.17) is 6.42 Å². The van der Waals surface area contributed by atoms with Gasteiger partial charge < -0.3 is 0 Å². The van der Waals surface area contributed by atoms with Crippen LogP contribution in [0.5, 0.6) is 0 Å². The maximum Gasteiger partial charge on any atom is 0.0265 e. The topological polar surface area (TPSA) is 0 Å². The number of allylic oxidation sites excluding steroid dienone is 2. The van der Waals surface area contributed by atoms with E-state index in [1.54, 1.807) is 0 Å². The Morgan fingerprint density at radius 2 is 2.20 bits per heavy atom. The van der Waals surface area contributed by atoms with Crippen LogP contribution in [0.15, 0.2) is 12.2 Å². The number of hydrogen-bond acceptors (Lipinski definition) is 0. The molecule has 0 nitrogen and oxygen atoms in total. The Kier molecular flexibility index (Phi) is 2.17. The van der Waals surface area contributed by atoms with Gasteiger partial charge in [-0.2, -0.15) is 0 Å². The number of hydrogen-bond donors (Lipinski definition) is 0. The first-order valence-electron chi connectivity index (χ1n) is 3.88. The average molecular weight is 134 g/mol. The molecule has 0 heterocycles. The molecule has 0 aromatic heterocycles. The third-order valence-electron chi connectivity index (χ3n) is 2.51. The van der Waals surface area contributed by atoms with Crippen molar-refractivity contribution < 1.29 is 0 Å².